The van der Waals surface area contributed by atoms with Gasteiger partial charge in [0.2, 0.25) is 11.7 Å². The Kier molecular flexibility index (Phi) is 5.53. The first-order valence-electron chi connectivity index (χ1n) is 8.96. The van der Waals surface area contributed by atoms with E-state index in [9.17, 15) is 0 Å². The third kappa shape index (κ3) is 4.12. The summed E-state index contributed by atoms with van der Waals surface area (Å²) in [6.45, 7) is 2.07. The van der Waals surface area contributed by atoms with Crippen molar-refractivity contribution in [3.63, 3.8) is 0 Å². The van der Waals surface area contributed by atoms with Crippen molar-refractivity contribution in [2.75, 3.05) is 14.2 Å². The molecular weight excluding hydrogens is 388 g/mol. The van der Waals surface area contributed by atoms with Crippen LogP contribution in [0.2, 0.25) is 0 Å². The van der Waals surface area contributed by atoms with Crippen molar-refractivity contribution in [2.24, 2.45) is 0 Å². The molecule has 0 saturated heterocycles. The van der Waals surface area contributed by atoms with Gasteiger partial charge in [-0.2, -0.15) is 4.98 Å². The molecule has 8 heteroatoms. The number of ether oxygens (including phenoxy) is 2. The smallest absolute Gasteiger partial charge is 0.237 e. The van der Waals surface area contributed by atoms with Crippen LogP contribution in [0.3, 0.4) is 0 Å². The third-order valence-corrected chi connectivity index (χ3v) is 5.27. The Bertz CT molecular complexity index is 1120. The van der Waals surface area contributed by atoms with E-state index in [1.54, 1.807) is 32.2 Å². The van der Waals surface area contributed by atoms with Crippen molar-refractivity contribution in [2.45, 2.75) is 17.8 Å². The minimum absolute atomic E-state index is 0.503. The minimum atomic E-state index is 0.503. The molecule has 2 heterocycles. The highest BCUT2D eigenvalue weighted by Gasteiger charge is 2.14. The molecule has 29 heavy (non-hydrogen) atoms. The lowest BCUT2D eigenvalue weighted by atomic mass is 10.2. The van der Waals surface area contributed by atoms with Gasteiger partial charge >= 0.3 is 0 Å². The maximum absolute atomic E-state index is 5.42. The van der Waals surface area contributed by atoms with Crippen LogP contribution in [0, 0.1) is 6.92 Å². The molecular formula is C21H20N4O3S. The molecule has 2 aromatic carbocycles. The zero-order valence-electron chi connectivity index (χ0n) is 16.3. The number of aromatic nitrogens is 4. The van der Waals surface area contributed by atoms with Gasteiger partial charge in [-0.25, -0.2) is 4.98 Å². The zero-order valence-corrected chi connectivity index (χ0v) is 17.1. The largest absolute Gasteiger partial charge is 0.493 e. The van der Waals surface area contributed by atoms with E-state index in [2.05, 4.69) is 40.2 Å². The molecule has 0 fully saturated rings. The average Bonchev–Trinajstić information content (AvgIpc) is 3.41. The second kappa shape index (κ2) is 8.40. The summed E-state index contributed by atoms with van der Waals surface area (Å²) in [5.41, 5.74) is 3.06. The monoisotopic (exact) mass is 408 g/mol. The van der Waals surface area contributed by atoms with E-state index in [0.717, 1.165) is 16.4 Å². The average molecular weight is 408 g/mol. The van der Waals surface area contributed by atoms with Crippen LogP contribution in [0.15, 0.2) is 64.5 Å². The van der Waals surface area contributed by atoms with Crippen LogP contribution in [-0.4, -0.2) is 33.9 Å². The van der Waals surface area contributed by atoms with Gasteiger partial charge in [-0.1, -0.05) is 29.1 Å². The topological polar surface area (TPSA) is 75.2 Å². The van der Waals surface area contributed by atoms with E-state index in [4.69, 9.17) is 14.0 Å². The zero-order chi connectivity index (χ0) is 20.2. The molecule has 4 rings (SSSR count). The summed E-state index contributed by atoms with van der Waals surface area (Å²) >= 11 is 1.54. The Morgan fingerprint density at radius 1 is 1.07 bits per heavy atom. The maximum Gasteiger partial charge on any atom is 0.237 e. The molecule has 0 saturated carbocycles. The number of aryl methyl sites for hydroxylation is 1. The summed E-state index contributed by atoms with van der Waals surface area (Å²) in [6.07, 6.45) is 3.73. The highest BCUT2D eigenvalue weighted by Crippen LogP contribution is 2.31. The highest BCUT2D eigenvalue weighted by molar-refractivity contribution is 7.98. The summed E-state index contributed by atoms with van der Waals surface area (Å²) < 4.78 is 18.1. The van der Waals surface area contributed by atoms with Crippen molar-refractivity contribution in [3.05, 3.63) is 66.3 Å². The molecule has 0 aliphatic heterocycles. The lowest BCUT2D eigenvalue weighted by Crippen LogP contribution is -1.95. The van der Waals surface area contributed by atoms with Gasteiger partial charge in [-0.3, -0.25) is 4.57 Å². The first-order valence-corrected chi connectivity index (χ1v) is 9.94. The van der Waals surface area contributed by atoms with Crippen molar-refractivity contribution in [3.8, 4) is 28.6 Å². The summed E-state index contributed by atoms with van der Waals surface area (Å²) in [6, 6.07) is 13.8. The van der Waals surface area contributed by atoms with Gasteiger partial charge in [-0.15, -0.1) is 0 Å². The number of thioether (sulfide) groups is 1. The number of nitrogens with zero attached hydrogens (tertiary/aromatic N) is 4. The fraction of sp³-hybridized carbons (Fsp3) is 0.190. The molecule has 0 aliphatic carbocycles. The Balaban J connectivity index is 1.49. The molecule has 0 amide bonds. The van der Waals surface area contributed by atoms with Gasteiger partial charge in [-0.05, 0) is 42.8 Å². The summed E-state index contributed by atoms with van der Waals surface area (Å²) in [5.74, 6) is 2.81. The van der Waals surface area contributed by atoms with Crippen LogP contribution in [0.4, 0.5) is 0 Å². The first-order chi connectivity index (χ1) is 14.2. The van der Waals surface area contributed by atoms with Crippen LogP contribution >= 0.6 is 11.8 Å². The fourth-order valence-corrected chi connectivity index (χ4v) is 3.71. The molecule has 0 bridgehead atoms. The van der Waals surface area contributed by atoms with E-state index < -0.39 is 0 Å². The van der Waals surface area contributed by atoms with E-state index in [0.29, 0.717) is 29.0 Å². The van der Waals surface area contributed by atoms with Gasteiger partial charge < -0.3 is 14.0 Å². The van der Waals surface area contributed by atoms with Gasteiger partial charge in [0, 0.05) is 23.6 Å². The number of rotatable bonds is 7. The van der Waals surface area contributed by atoms with Gasteiger partial charge in [0.15, 0.2) is 16.7 Å². The maximum atomic E-state index is 5.42. The fourth-order valence-electron chi connectivity index (χ4n) is 2.90. The minimum Gasteiger partial charge on any atom is -0.493 e. The molecule has 0 atom stereocenters. The van der Waals surface area contributed by atoms with Gasteiger partial charge in [0.25, 0.3) is 0 Å². The van der Waals surface area contributed by atoms with E-state index in [-0.39, 0.29) is 0 Å². The Morgan fingerprint density at radius 2 is 1.93 bits per heavy atom. The SMILES string of the molecule is COc1ccc(-c2noc(CSc3nccn3-c3cccc(C)c3)n2)cc1OC. The van der Waals surface area contributed by atoms with Crippen molar-refractivity contribution in [1.29, 1.82) is 0 Å². The summed E-state index contributed by atoms with van der Waals surface area (Å²) in [4.78, 5) is 8.95. The molecule has 2 aromatic heterocycles. The van der Waals surface area contributed by atoms with Crippen LogP contribution in [0.25, 0.3) is 17.1 Å². The third-order valence-electron chi connectivity index (χ3n) is 4.32. The number of hydrogen-bond acceptors (Lipinski definition) is 7. The van der Waals surface area contributed by atoms with Crippen LogP contribution in [-0.2, 0) is 5.75 Å². The molecule has 0 aliphatic rings. The predicted molar refractivity (Wildman–Crippen MR) is 111 cm³/mol. The summed E-state index contributed by atoms with van der Waals surface area (Å²) in [7, 11) is 3.19. The van der Waals surface area contributed by atoms with Crippen molar-refractivity contribution in [1.82, 2.24) is 19.7 Å². The molecule has 0 N–H and O–H groups in total. The Labute approximate surface area is 172 Å². The van der Waals surface area contributed by atoms with E-state index in [1.165, 1.54) is 5.56 Å². The second-order valence-corrected chi connectivity index (χ2v) is 7.23. The lowest BCUT2D eigenvalue weighted by molar-refractivity contribution is 0.355. The predicted octanol–water partition coefficient (Wildman–Crippen LogP) is 4.54. The van der Waals surface area contributed by atoms with E-state index >= 15 is 0 Å². The first kappa shape index (κ1) is 19.1. The van der Waals surface area contributed by atoms with Crippen LogP contribution < -0.4 is 9.47 Å². The quantitative estimate of drug-likeness (QED) is 0.416. The Hall–Kier alpha value is -3.26. The molecule has 0 unspecified atom stereocenters. The van der Waals surface area contributed by atoms with Gasteiger partial charge in [0.05, 0.1) is 20.0 Å². The van der Waals surface area contributed by atoms with Crippen molar-refractivity contribution < 1.29 is 14.0 Å². The second-order valence-electron chi connectivity index (χ2n) is 6.29. The molecule has 148 valence electrons. The number of benzene rings is 2. The molecule has 0 spiro atoms. The van der Waals surface area contributed by atoms with Crippen LogP contribution in [0.5, 0.6) is 11.5 Å². The highest BCUT2D eigenvalue weighted by atomic mass is 32.2. The Morgan fingerprint density at radius 3 is 2.72 bits per heavy atom. The molecule has 4 aromatic rings. The molecule has 7 nitrogen and oxygen atoms in total. The lowest BCUT2D eigenvalue weighted by Gasteiger charge is -2.07. The summed E-state index contributed by atoms with van der Waals surface area (Å²) in [5, 5.41) is 4.95. The van der Waals surface area contributed by atoms with E-state index in [1.807, 2.05) is 35.0 Å². The number of methoxy groups -OCH3 is 2. The number of imidazole rings is 1. The van der Waals surface area contributed by atoms with Crippen LogP contribution in [0.1, 0.15) is 11.5 Å². The number of hydrogen-bond donors (Lipinski definition) is 0. The van der Waals surface area contributed by atoms with Crippen molar-refractivity contribution >= 4 is 11.8 Å². The normalized spacial score (nSPS) is 10.9. The van der Waals surface area contributed by atoms with Gasteiger partial charge in [0.1, 0.15) is 0 Å². The molecule has 0 radical (unpaired) electrons. The standard InChI is InChI=1S/C21H20N4O3S/c1-14-5-4-6-16(11-14)25-10-9-22-21(25)29-13-19-23-20(24-28-19)15-7-8-17(26-2)18(12-15)27-3/h4-12H,13H2,1-3H3.